The van der Waals surface area contributed by atoms with Crippen molar-refractivity contribution in [1.29, 1.82) is 0 Å². The van der Waals surface area contributed by atoms with Crippen LogP contribution >= 0.6 is 15.9 Å². The molecule has 2 fully saturated rings. The molecule has 0 bridgehead atoms. The van der Waals surface area contributed by atoms with Crippen LogP contribution in [0.4, 0.5) is 0 Å². The summed E-state index contributed by atoms with van der Waals surface area (Å²) in [5, 5.41) is 3.74. The van der Waals surface area contributed by atoms with Crippen molar-refractivity contribution in [3.05, 3.63) is 34.3 Å². The minimum Gasteiger partial charge on any atom is -0.348 e. The zero-order valence-corrected chi connectivity index (χ0v) is 13.5. The largest absolute Gasteiger partial charge is 0.348 e. The Balaban J connectivity index is 1.54. The molecule has 1 aromatic carbocycles. The van der Waals surface area contributed by atoms with E-state index in [1.54, 1.807) is 0 Å². The van der Waals surface area contributed by atoms with Gasteiger partial charge in [0.05, 0.1) is 13.2 Å². The Labute approximate surface area is 129 Å². The van der Waals surface area contributed by atoms with Crippen molar-refractivity contribution >= 4 is 15.9 Å². The highest BCUT2D eigenvalue weighted by Crippen LogP contribution is 2.36. The maximum atomic E-state index is 5.78. The van der Waals surface area contributed by atoms with Crippen molar-refractivity contribution in [3.63, 3.8) is 0 Å². The summed E-state index contributed by atoms with van der Waals surface area (Å²) in [6, 6.07) is 9.45. The third kappa shape index (κ3) is 3.25. The Morgan fingerprint density at radius 3 is 2.60 bits per heavy atom. The van der Waals surface area contributed by atoms with Gasteiger partial charge >= 0.3 is 0 Å². The van der Waals surface area contributed by atoms with Gasteiger partial charge in [-0.25, -0.2) is 0 Å². The van der Waals surface area contributed by atoms with Crippen LogP contribution in [0, 0.1) is 0 Å². The zero-order chi connectivity index (χ0) is 14.0. The smallest absolute Gasteiger partial charge is 0.168 e. The van der Waals surface area contributed by atoms with Gasteiger partial charge in [0.1, 0.15) is 0 Å². The highest BCUT2D eigenvalue weighted by atomic mass is 79.9. The lowest BCUT2D eigenvalue weighted by atomic mass is 9.89. The quantitative estimate of drug-likeness (QED) is 0.908. The molecular formula is C16H22BrNO2. The standard InChI is InChI=1S/C16H22BrNO2/c1-12(13-3-2-4-14(17)11-13)18-15-5-7-16(8-6-15)19-9-10-20-16/h2-4,11-12,15,18H,5-10H2,1H3. The van der Waals surface area contributed by atoms with Gasteiger partial charge in [0.2, 0.25) is 0 Å². The van der Waals surface area contributed by atoms with Crippen LogP contribution in [-0.2, 0) is 9.47 Å². The maximum absolute atomic E-state index is 5.78. The van der Waals surface area contributed by atoms with Gasteiger partial charge in [0.25, 0.3) is 0 Å². The molecule has 1 saturated carbocycles. The summed E-state index contributed by atoms with van der Waals surface area (Å²) in [6.07, 6.45) is 4.27. The minimum atomic E-state index is -0.253. The average molecular weight is 340 g/mol. The number of hydrogen-bond donors (Lipinski definition) is 1. The third-order valence-corrected chi connectivity index (χ3v) is 4.89. The molecule has 1 spiro atoms. The Morgan fingerprint density at radius 1 is 1.25 bits per heavy atom. The van der Waals surface area contributed by atoms with E-state index in [1.807, 2.05) is 0 Å². The van der Waals surface area contributed by atoms with Crippen molar-refractivity contribution in [2.75, 3.05) is 13.2 Å². The lowest BCUT2D eigenvalue weighted by molar-refractivity contribution is -0.179. The molecule has 1 aliphatic carbocycles. The molecule has 0 aromatic heterocycles. The van der Waals surface area contributed by atoms with E-state index in [-0.39, 0.29) is 5.79 Å². The summed E-state index contributed by atoms with van der Waals surface area (Å²) in [4.78, 5) is 0. The Bertz CT molecular complexity index is 450. The average Bonchev–Trinajstić information content (AvgIpc) is 2.90. The predicted octanol–water partition coefficient (Wildman–Crippen LogP) is 3.79. The van der Waals surface area contributed by atoms with E-state index in [2.05, 4.69) is 52.4 Å². The molecule has 0 amide bonds. The molecule has 1 unspecified atom stereocenters. The highest BCUT2D eigenvalue weighted by Gasteiger charge is 2.40. The molecule has 2 aliphatic rings. The molecule has 4 heteroatoms. The number of halogens is 1. The van der Waals surface area contributed by atoms with Gasteiger partial charge in [0, 0.05) is 29.4 Å². The molecule has 0 radical (unpaired) electrons. The van der Waals surface area contributed by atoms with Gasteiger partial charge in [0.15, 0.2) is 5.79 Å². The second-order valence-corrected chi connectivity index (χ2v) is 6.74. The topological polar surface area (TPSA) is 30.5 Å². The van der Waals surface area contributed by atoms with Crippen LogP contribution in [0.3, 0.4) is 0 Å². The summed E-state index contributed by atoms with van der Waals surface area (Å²) in [6.45, 7) is 3.74. The fourth-order valence-corrected chi connectivity index (χ4v) is 3.65. The van der Waals surface area contributed by atoms with E-state index in [0.717, 1.165) is 43.4 Å². The van der Waals surface area contributed by atoms with Gasteiger partial charge in [-0.2, -0.15) is 0 Å². The number of rotatable bonds is 3. The molecule has 20 heavy (non-hydrogen) atoms. The Kier molecular flexibility index (Phi) is 4.46. The van der Waals surface area contributed by atoms with Crippen molar-refractivity contribution in [1.82, 2.24) is 5.32 Å². The van der Waals surface area contributed by atoms with Gasteiger partial charge in [-0.3, -0.25) is 0 Å². The molecule has 1 heterocycles. The molecule has 1 N–H and O–H groups in total. The van der Waals surface area contributed by atoms with E-state index in [4.69, 9.17) is 9.47 Å². The molecule has 110 valence electrons. The van der Waals surface area contributed by atoms with Gasteiger partial charge in [-0.15, -0.1) is 0 Å². The van der Waals surface area contributed by atoms with E-state index in [9.17, 15) is 0 Å². The van der Waals surface area contributed by atoms with E-state index in [0.29, 0.717) is 12.1 Å². The first-order chi connectivity index (χ1) is 9.67. The van der Waals surface area contributed by atoms with Crippen molar-refractivity contribution in [2.45, 2.75) is 50.5 Å². The third-order valence-electron chi connectivity index (χ3n) is 4.40. The number of nitrogens with one attached hydrogen (secondary N) is 1. The Morgan fingerprint density at radius 2 is 1.95 bits per heavy atom. The first-order valence-corrected chi connectivity index (χ1v) is 8.26. The Hall–Kier alpha value is -0.420. The van der Waals surface area contributed by atoms with Crippen LogP contribution in [0.5, 0.6) is 0 Å². The SMILES string of the molecule is CC(NC1CCC2(CC1)OCCO2)c1cccc(Br)c1. The highest BCUT2D eigenvalue weighted by molar-refractivity contribution is 9.10. The lowest BCUT2D eigenvalue weighted by Crippen LogP contribution is -2.42. The lowest BCUT2D eigenvalue weighted by Gasteiger charge is -2.36. The summed E-state index contributed by atoms with van der Waals surface area (Å²) in [5.74, 6) is -0.253. The summed E-state index contributed by atoms with van der Waals surface area (Å²) in [7, 11) is 0. The van der Waals surface area contributed by atoms with Crippen molar-refractivity contribution < 1.29 is 9.47 Å². The number of ether oxygens (including phenoxy) is 2. The summed E-state index contributed by atoms with van der Waals surface area (Å²) < 4.78 is 12.7. The predicted molar refractivity (Wildman–Crippen MR) is 82.6 cm³/mol. The van der Waals surface area contributed by atoms with Crippen LogP contribution in [0.2, 0.25) is 0 Å². The van der Waals surface area contributed by atoms with E-state index in [1.165, 1.54) is 5.56 Å². The zero-order valence-electron chi connectivity index (χ0n) is 11.9. The molecule has 3 nitrogen and oxygen atoms in total. The van der Waals surface area contributed by atoms with Crippen LogP contribution in [-0.4, -0.2) is 25.0 Å². The fraction of sp³-hybridized carbons (Fsp3) is 0.625. The summed E-state index contributed by atoms with van der Waals surface area (Å²) >= 11 is 3.54. The van der Waals surface area contributed by atoms with Crippen LogP contribution in [0.1, 0.15) is 44.2 Å². The molecule has 3 rings (SSSR count). The minimum absolute atomic E-state index is 0.253. The second kappa shape index (κ2) is 6.14. The van der Waals surface area contributed by atoms with E-state index < -0.39 is 0 Å². The molecule has 1 aromatic rings. The summed E-state index contributed by atoms with van der Waals surface area (Å²) in [5.41, 5.74) is 1.33. The maximum Gasteiger partial charge on any atom is 0.168 e. The number of hydrogen-bond acceptors (Lipinski definition) is 3. The van der Waals surface area contributed by atoms with Gasteiger partial charge in [-0.1, -0.05) is 28.1 Å². The fourth-order valence-electron chi connectivity index (χ4n) is 3.24. The van der Waals surface area contributed by atoms with Gasteiger partial charge < -0.3 is 14.8 Å². The molecular weight excluding hydrogens is 318 g/mol. The first kappa shape index (κ1) is 14.5. The van der Waals surface area contributed by atoms with Crippen molar-refractivity contribution in [2.24, 2.45) is 0 Å². The normalized spacial score (nSPS) is 24.1. The first-order valence-electron chi connectivity index (χ1n) is 7.46. The molecule has 1 atom stereocenters. The molecule has 1 saturated heterocycles. The molecule has 1 aliphatic heterocycles. The van der Waals surface area contributed by atoms with Gasteiger partial charge in [-0.05, 0) is 37.5 Å². The van der Waals surface area contributed by atoms with Crippen molar-refractivity contribution in [3.8, 4) is 0 Å². The van der Waals surface area contributed by atoms with Crippen LogP contribution in [0.25, 0.3) is 0 Å². The number of benzene rings is 1. The second-order valence-electron chi connectivity index (χ2n) is 5.83. The van der Waals surface area contributed by atoms with Crippen LogP contribution in [0.15, 0.2) is 28.7 Å². The van der Waals surface area contributed by atoms with E-state index >= 15 is 0 Å². The monoisotopic (exact) mass is 339 g/mol. The van der Waals surface area contributed by atoms with Crippen LogP contribution < -0.4 is 5.32 Å².